The molecule has 0 aromatic rings. The van der Waals surface area contributed by atoms with Crippen LogP contribution in [0.3, 0.4) is 0 Å². The fourth-order valence-electron chi connectivity index (χ4n) is 0.686. The molecule has 60 valence electrons. The van der Waals surface area contributed by atoms with Crippen LogP contribution in [0.2, 0.25) is 0 Å². The lowest BCUT2D eigenvalue weighted by Crippen LogP contribution is -1.81. The van der Waals surface area contributed by atoms with Crippen LogP contribution < -0.4 is 5.73 Å². The summed E-state index contributed by atoms with van der Waals surface area (Å²) in [5, 5.41) is 5.86. The molecule has 0 aliphatic heterocycles. The van der Waals surface area contributed by atoms with Gasteiger partial charge in [0, 0.05) is 0 Å². The number of hydrogen-bond acceptors (Lipinski definition) is 1. The minimum atomic E-state index is 0.750. The zero-order chi connectivity index (χ0) is 8.53. The molecule has 0 amide bonds. The molecule has 0 fully saturated rings. The summed E-state index contributed by atoms with van der Waals surface area (Å²) < 4.78 is 0. The highest BCUT2D eigenvalue weighted by Gasteiger charge is 1.80. The Hall–Kier alpha value is -1.31. The number of nitrogens with two attached hydrogens (primary N) is 1. The molecule has 11 heavy (non-hydrogen) atoms. The lowest BCUT2D eigenvalue weighted by atomic mass is 10.3. The van der Waals surface area contributed by atoms with E-state index in [1.807, 2.05) is 0 Å². The highest BCUT2D eigenvalue weighted by atomic mass is 14.6. The molecule has 2 heteroatoms. The summed E-state index contributed by atoms with van der Waals surface area (Å²) in [6.07, 6.45) is 12.5. The van der Waals surface area contributed by atoms with Crippen LogP contribution >= 0.6 is 0 Å². The first kappa shape index (κ1) is 9.69. The van der Waals surface area contributed by atoms with Crippen molar-refractivity contribution in [1.82, 2.24) is 0 Å². The monoisotopic (exact) mass is 150 g/mol. The maximum absolute atomic E-state index is 5.86. The van der Waals surface area contributed by atoms with E-state index in [1.54, 1.807) is 0 Å². The third-order valence-corrected chi connectivity index (χ3v) is 1.15. The molecular formula is C9H14N2. The van der Waals surface area contributed by atoms with Crippen molar-refractivity contribution < 1.29 is 0 Å². The summed E-state index contributed by atoms with van der Waals surface area (Å²) in [6, 6.07) is 0. The van der Waals surface area contributed by atoms with E-state index >= 15 is 0 Å². The first-order valence-corrected chi connectivity index (χ1v) is 3.52. The fourth-order valence-corrected chi connectivity index (χ4v) is 0.686. The summed E-state index contributed by atoms with van der Waals surface area (Å²) in [6.45, 7) is 2.10. The van der Waals surface area contributed by atoms with E-state index in [-0.39, 0.29) is 0 Å². The van der Waals surface area contributed by atoms with Gasteiger partial charge < -0.3 is 5.73 Å². The molecule has 0 aromatic carbocycles. The minimum Gasteiger partial charge on any atom is -0.390 e. The minimum absolute atomic E-state index is 0.750. The standard InChI is InChI=1S/C8H10.CH4N2/c1-8-6-4-2-3-5-7-8;2-1-3/h2,4-7H,3H2,1H3;1H,(H3,2,3). The first-order chi connectivity index (χ1) is 5.31. The van der Waals surface area contributed by atoms with Gasteiger partial charge in [-0.2, -0.15) is 0 Å². The van der Waals surface area contributed by atoms with Crippen molar-refractivity contribution in [3.63, 3.8) is 0 Å². The smallest absolute Gasteiger partial charge is 0.0765 e. The molecule has 2 nitrogen and oxygen atoms in total. The Labute approximate surface area is 67.6 Å². The Kier molecular flexibility index (Phi) is 5.99. The molecule has 0 saturated heterocycles. The van der Waals surface area contributed by atoms with Gasteiger partial charge in [-0.3, -0.25) is 5.41 Å². The lowest BCUT2D eigenvalue weighted by molar-refractivity contribution is 1.40. The Morgan fingerprint density at radius 3 is 2.82 bits per heavy atom. The quantitative estimate of drug-likeness (QED) is 0.402. The van der Waals surface area contributed by atoms with Gasteiger partial charge in [0.2, 0.25) is 0 Å². The van der Waals surface area contributed by atoms with E-state index in [0.717, 1.165) is 12.8 Å². The van der Waals surface area contributed by atoms with Crippen molar-refractivity contribution in [1.29, 1.82) is 5.41 Å². The number of rotatable bonds is 0. The molecule has 0 heterocycles. The topological polar surface area (TPSA) is 49.9 Å². The Morgan fingerprint density at radius 1 is 1.55 bits per heavy atom. The van der Waals surface area contributed by atoms with Crippen LogP contribution in [-0.4, -0.2) is 6.34 Å². The Bertz CT molecular complexity index is 188. The second-order valence-corrected chi connectivity index (χ2v) is 2.14. The molecule has 0 atom stereocenters. The highest BCUT2D eigenvalue weighted by molar-refractivity contribution is 5.46. The van der Waals surface area contributed by atoms with Gasteiger partial charge in [-0.05, 0) is 13.3 Å². The van der Waals surface area contributed by atoms with Crippen LogP contribution in [0.25, 0.3) is 0 Å². The molecular weight excluding hydrogens is 136 g/mol. The van der Waals surface area contributed by atoms with Gasteiger partial charge in [0.1, 0.15) is 0 Å². The normalized spacial score (nSPS) is 14.1. The summed E-state index contributed by atoms with van der Waals surface area (Å²) in [5.41, 5.74) is 5.72. The van der Waals surface area contributed by atoms with Crippen LogP contribution in [0.1, 0.15) is 13.3 Å². The summed E-state index contributed by atoms with van der Waals surface area (Å²) >= 11 is 0. The third kappa shape index (κ3) is 6.58. The molecule has 0 aromatic heterocycles. The molecule has 1 rings (SSSR count). The van der Waals surface area contributed by atoms with Crippen molar-refractivity contribution in [2.75, 3.05) is 0 Å². The largest absolute Gasteiger partial charge is 0.390 e. The number of nitrogens with one attached hydrogen (secondary N) is 1. The van der Waals surface area contributed by atoms with Gasteiger partial charge in [0.25, 0.3) is 0 Å². The van der Waals surface area contributed by atoms with Crippen molar-refractivity contribution in [2.45, 2.75) is 13.3 Å². The SMILES string of the molecule is CC1=CC=CCC=C1.N=CN. The van der Waals surface area contributed by atoms with Gasteiger partial charge in [0.15, 0.2) is 0 Å². The van der Waals surface area contributed by atoms with Crippen molar-refractivity contribution in [3.05, 3.63) is 36.0 Å². The van der Waals surface area contributed by atoms with Crippen molar-refractivity contribution in [3.8, 4) is 0 Å². The van der Waals surface area contributed by atoms with Gasteiger partial charge in [0.05, 0.1) is 6.34 Å². The van der Waals surface area contributed by atoms with Crippen molar-refractivity contribution in [2.24, 2.45) is 5.73 Å². The van der Waals surface area contributed by atoms with Gasteiger partial charge in [-0.1, -0.05) is 36.0 Å². The zero-order valence-corrected chi connectivity index (χ0v) is 6.75. The Balaban J connectivity index is 0.000000292. The molecule has 0 unspecified atom stereocenters. The van der Waals surface area contributed by atoms with Gasteiger partial charge in [-0.25, -0.2) is 0 Å². The summed E-state index contributed by atoms with van der Waals surface area (Å²) in [4.78, 5) is 0. The van der Waals surface area contributed by atoms with E-state index in [1.165, 1.54) is 5.57 Å². The van der Waals surface area contributed by atoms with Crippen LogP contribution in [0.5, 0.6) is 0 Å². The first-order valence-electron chi connectivity index (χ1n) is 3.52. The van der Waals surface area contributed by atoms with Crippen LogP contribution in [0, 0.1) is 5.41 Å². The molecule has 3 N–H and O–H groups in total. The van der Waals surface area contributed by atoms with E-state index in [4.69, 9.17) is 5.41 Å². The molecule has 1 aliphatic carbocycles. The van der Waals surface area contributed by atoms with Gasteiger partial charge >= 0.3 is 0 Å². The van der Waals surface area contributed by atoms with Gasteiger partial charge in [-0.15, -0.1) is 0 Å². The zero-order valence-electron chi connectivity index (χ0n) is 6.75. The van der Waals surface area contributed by atoms with Crippen LogP contribution in [-0.2, 0) is 0 Å². The molecule has 0 radical (unpaired) electrons. The summed E-state index contributed by atoms with van der Waals surface area (Å²) in [7, 11) is 0. The molecule has 0 spiro atoms. The second kappa shape index (κ2) is 6.81. The average molecular weight is 150 g/mol. The van der Waals surface area contributed by atoms with E-state index in [2.05, 4.69) is 43.0 Å². The van der Waals surface area contributed by atoms with E-state index in [0.29, 0.717) is 0 Å². The summed E-state index contributed by atoms with van der Waals surface area (Å²) in [5.74, 6) is 0. The Morgan fingerprint density at radius 2 is 2.18 bits per heavy atom. The third-order valence-electron chi connectivity index (χ3n) is 1.15. The highest BCUT2D eigenvalue weighted by Crippen LogP contribution is 2.01. The predicted molar refractivity (Wildman–Crippen MR) is 49.6 cm³/mol. The van der Waals surface area contributed by atoms with Crippen LogP contribution in [0.15, 0.2) is 36.0 Å². The molecule has 1 aliphatic rings. The number of allylic oxidation sites excluding steroid dienone is 6. The maximum atomic E-state index is 5.86. The fraction of sp³-hybridized carbons (Fsp3) is 0.222. The predicted octanol–water partition coefficient (Wildman–Crippen LogP) is 2.00. The van der Waals surface area contributed by atoms with Crippen LogP contribution in [0.4, 0.5) is 0 Å². The lowest BCUT2D eigenvalue weighted by Gasteiger charge is -1.80. The molecule has 0 saturated carbocycles. The second-order valence-electron chi connectivity index (χ2n) is 2.14. The van der Waals surface area contributed by atoms with E-state index < -0.39 is 0 Å². The average Bonchev–Trinajstić information content (AvgIpc) is 2.18. The number of hydrogen-bond donors (Lipinski definition) is 2. The van der Waals surface area contributed by atoms with E-state index in [9.17, 15) is 0 Å². The van der Waals surface area contributed by atoms with Crippen molar-refractivity contribution >= 4 is 6.34 Å². The molecule has 0 bridgehead atoms. The maximum Gasteiger partial charge on any atom is 0.0765 e.